The first-order chi connectivity index (χ1) is 41.4. The van der Waals surface area contributed by atoms with Crippen molar-refractivity contribution in [3.63, 3.8) is 0 Å². The third kappa shape index (κ3) is 59.7. The van der Waals surface area contributed by atoms with E-state index < -0.39 is 97.5 Å². The van der Waals surface area contributed by atoms with Gasteiger partial charge in [-0.25, -0.2) is 9.13 Å². The molecule has 0 aromatic carbocycles. The fourth-order valence-corrected chi connectivity index (χ4v) is 11.6. The second kappa shape index (κ2) is 59.4. The lowest BCUT2D eigenvalue weighted by Gasteiger charge is -2.21. The second-order valence-electron chi connectivity index (χ2n) is 24.9. The van der Waals surface area contributed by atoms with Gasteiger partial charge in [-0.2, -0.15) is 0 Å². The average Bonchev–Trinajstić information content (AvgIpc) is 3.69. The van der Waals surface area contributed by atoms with E-state index in [1.807, 2.05) is 0 Å². The first kappa shape index (κ1) is 84.1. The molecule has 0 heterocycles. The Kier molecular flexibility index (Phi) is 58.0. The molecule has 3 N–H and O–H groups in total. The van der Waals surface area contributed by atoms with Crippen molar-refractivity contribution < 1.29 is 80.2 Å². The number of carbonyl (C=O) groups is 4. The number of carbonyl (C=O) groups excluding carboxylic acids is 4. The number of hydrogen-bond donors (Lipinski definition) is 3. The van der Waals surface area contributed by atoms with Gasteiger partial charge in [0.15, 0.2) is 12.2 Å². The van der Waals surface area contributed by atoms with Gasteiger partial charge in [-0.05, 0) is 37.5 Å². The molecule has 0 fully saturated rings. The molecular weight excluding hydrogens is 1140 g/mol. The van der Waals surface area contributed by atoms with E-state index in [0.29, 0.717) is 25.7 Å². The lowest BCUT2D eigenvalue weighted by atomic mass is 10.00. The smallest absolute Gasteiger partial charge is 0.462 e. The second-order valence-corrected chi connectivity index (χ2v) is 27.8. The van der Waals surface area contributed by atoms with Crippen LogP contribution < -0.4 is 0 Å². The molecule has 510 valence electrons. The molecule has 0 aliphatic heterocycles. The molecule has 6 atom stereocenters. The summed E-state index contributed by atoms with van der Waals surface area (Å²) in [6, 6.07) is 0. The molecule has 0 saturated heterocycles. The fourth-order valence-electron chi connectivity index (χ4n) is 10.0. The normalized spacial score (nSPS) is 14.5. The number of hydrogen-bond acceptors (Lipinski definition) is 15. The number of phosphoric ester groups is 2. The van der Waals surface area contributed by atoms with Crippen LogP contribution in [0.3, 0.4) is 0 Å². The lowest BCUT2D eigenvalue weighted by molar-refractivity contribution is -0.161. The SMILES string of the molecule is CCCCCCCCCCCCCCCC(=O)OC[C@H](COP(=O)(O)OC[C@@H](O)COP(=O)(O)OC[C@@H](COC(=O)CCCCCCCCCC)OC(=O)CCCCCCCCC(C)CC)OC(=O)CCCCCCCCCCCCCCC(C)C. The molecule has 0 rings (SSSR count). The monoisotopic (exact) mass is 1270 g/mol. The summed E-state index contributed by atoms with van der Waals surface area (Å²) in [5, 5.41) is 10.6. The highest BCUT2D eigenvalue weighted by atomic mass is 31.2. The minimum absolute atomic E-state index is 0.103. The third-order valence-electron chi connectivity index (χ3n) is 15.8. The van der Waals surface area contributed by atoms with E-state index >= 15 is 0 Å². The third-order valence-corrected chi connectivity index (χ3v) is 17.7. The van der Waals surface area contributed by atoms with Crippen LogP contribution in [0.4, 0.5) is 0 Å². The van der Waals surface area contributed by atoms with Gasteiger partial charge in [0.2, 0.25) is 0 Å². The van der Waals surface area contributed by atoms with Crippen molar-refractivity contribution in [2.45, 2.75) is 355 Å². The van der Waals surface area contributed by atoms with E-state index in [2.05, 4.69) is 41.5 Å². The Morgan fingerprint density at radius 2 is 0.593 bits per heavy atom. The number of phosphoric acid groups is 2. The van der Waals surface area contributed by atoms with Crippen LogP contribution >= 0.6 is 15.6 Å². The maximum absolute atomic E-state index is 13.0. The van der Waals surface area contributed by atoms with Crippen LogP contribution in [0, 0.1) is 11.8 Å². The minimum Gasteiger partial charge on any atom is -0.462 e. The van der Waals surface area contributed by atoms with Crippen LogP contribution in [0.1, 0.15) is 337 Å². The predicted molar refractivity (Wildman–Crippen MR) is 345 cm³/mol. The zero-order valence-electron chi connectivity index (χ0n) is 55.6. The van der Waals surface area contributed by atoms with Crippen molar-refractivity contribution >= 4 is 39.5 Å². The lowest BCUT2D eigenvalue weighted by Crippen LogP contribution is -2.30. The number of rotatable bonds is 66. The summed E-state index contributed by atoms with van der Waals surface area (Å²) in [5.74, 6) is -0.635. The number of ether oxygens (including phenoxy) is 4. The highest BCUT2D eigenvalue weighted by Crippen LogP contribution is 2.45. The van der Waals surface area contributed by atoms with Gasteiger partial charge in [0.25, 0.3) is 0 Å². The van der Waals surface area contributed by atoms with Gasteiger partial charge in [-0.1, -0.05) is 286 Å². The molecule has 17 nitrogen and oxygen atoms in total. The summed E-state index contributed by atoms with van der Waals surface area (Å²) in [6.45, 7) is 9.46. The highest BCUT2D eigenvalue weighted by Gasteiger charge is 2.30. The van der Waals surface area contributed by atoms with Crippen molar-refractivity contribution in [3.8, 4) is 0 Å². The van der Waals surface area contributed by atoms with Gasteiger partial charge in [-0.15, -0.1) is 0 Å². The van der Waals surface area contributed by atoms with E-state index in [-0.39, 0.29) is 25.7 Å². The van der Waals surface area contributed by atoms with Gasteiger partial charge in [-0.3, -0.25) is 37.3 Å². The van der Waals surface area contributed by atoms with E-state index in [0.717, 1.165) is 108 Å². The molecule has 0 saturated carbocycles. The zero-order valence-corrected chi connectivity index (χ0v) is 57.4. The summed E-state index contributed by atoms with van der Waals surface area (Å²) in [6.07, 6.45) is 43.1. The molecule has 0 aromatic heterocycles. The molecule has 0 aliphatic rings. The maximum atomic E-state index is 13.0. The van der Waals surface area contributed by atoms with Crippen LogP contribution in [0.15, 0.2) is 0 Å². The Labute approximate surface area is 524 Å². The molecule has 0 aromatic rings. The van der Waals surface area contributed by atoms with Crippen LogP contribution in [0.2, 0.25) is 0 Å². The van der Waals surface area contributed by atoms with Gasteiger partial charge >= 0.3 is 39.5 Å². The molecule has 0 spiro atoms. The van der Waals surface area contributed by atoms with Crippen molar-refractivity contribution in [1.29, 1.82) is 0 Å². The van der Waals surface area contributed by atoms with E-state index in [9.17, 15) is 43.2 Å². The van der Waals surface area contributed by atoms with Crippen LogP contribution in [-0.4, -0.2) is 96.7 Å². The molecule has 3 unspecified atom stereocenters. The van der Waals surface area contributed by atoms with E-state index in [1.54, 1.807) is 0 Å². The van der Waals surface area contributed by atoms with Crippen molar-refractivity contribution in [2.24, 2.45) is 11.8 Å². The van der Waals surface area contributed by atoms with Gasteiger partial charge in [0.1, 0.15) is 19.3 Å². The molecule has 0 amide bonds. The largest absolute Gasteiger partial charge is 0.472 e. The summed E-state index contributed by atoms with van der Waals surface area (Å²) < 4.78 is 68.1. The Morgan fingerprint density at radius 1 is 0.337 bits per heavy atom. The first-order valence-corrected chi connectivity index (χ1v) is 38.0. The standard InChI is InChI=1S/C67H130O17P2/c1-7-10-12-14-16-18-19-20-24-27-31-38-44-50-65(70)78-55-62(83-66(71)51-45-39-32-28-25-22-21-23-26-29-35-41-47-59(4)5)57-81-85(73,74)79-53-61(68)54-80-86(75,76)82-58-63(56-77-64(69)49-43-37-30-17-15-13-11-8-2)84-67(72)52-46-40-34-33-36-42-48-60(6)9-3/h59-63,68H,7-58H2,1-6H3,(H,73,74)(H,75,76)/t60?,61-,62-,63-/m1/s1. The summed E-state index contributed by atoms with van der Waals surface area (Å²) in [4.78, 5) is 72.3. The number of aliphatic hydroxyl groups is 1. The fraction of sp³-hybridized carbons (Fsp3) is 0.940. The van der Waals surface area contributed by atoms with Crippen LogP contribution in [0.25, 0.3) is 0 Å². The van der Waals surface area contributed by atoms with E-state index in [1.165, 1.54) is 148 Å². The molecular formula is C67H130O17P2. The summed E-state index contributed by atoms with van der Waals surface area (Å²) >= 11 is 0. The minimum atomic E-state index is -4.95. The van der Waals surface area contributed by atoms with Gasteiger partial charge in [0.05, 0.1) is 26.4 Å². The Balaban J connectivity index is 5.23. The molecule has 0 aliphatic carbocycles. The van der Waals surface area contributed by atoms with Crippen LogP contribution in [0.5, 0.6) is 0 Å². The molecule has 19 heteroatoms. The maximum Gasteiger partial charge on any atom is 0.472 e. The Morgan fingerprint density at radius 3 is 0.884 bits per heavy atom. The Bertz CT molecular complexity index is 1690. The summed E-state index contributed by atoms with van der Waals surface area (Å²) in [7, 11) is -9.89. The molecule has 86 heavy (non-hydrogen) atoms. The Hall–Kier alpha value is -1.94. The quantitative estimate of drug-likeness (QED) is 0.0222. The topological polar surface area (TPSA) is 237 Å². The highest BCUT2D eigenvalue weighted by molar-refractivity contribution is 7.47. The number of aliphatic hydroxyl groups excluding tert-OH is 1. The van der Waals surface area contributed by atoms with Crippen molar-refractivity contribution in [3.05, 3.63) is 0 Å². The van der Waals surface area contributed by atoms with Crippen molar-refractivity contribution in [1.82, 2.24) is 0 Å². The van der Waals surface area contributed by atoms with Crippen molar-refractivity contribution in [2.75, 3.05) is 39.6 Å². The molecule has 0 radical (unpaired) electrons. The van der Waals surface area contributed by atoms with Gasteiger partial charge < -0.3 is 33.8 Å². The predicted octanol–water partition coefficient (Wildman–Crippen LogP) is 18.8. The molecule has 0 bridgehead atoms. The first-order valence-electron chi connectivity index (χ1n) is 35.0. The van der Waals surface area contributed by atoms with E-state index in [4.69, 9.17) is 37.0 Å². The summed E-state index contributed by atoms with van der Waals surface area (Å²) in [5.41, 5.74) is 0. The number of unbranched alkanes of at least 4 members (excludes halogenated alkanes) is 35. The van der Waals surface area contributed by atoms with Crippen LogP contribution in [-0.2, 0) is 65.4 Å². The number of esters is 4. The average molecular weight is 1270 g/mol. The zero-order chi connectivity index (χ0) is 63.6. The van der Waals surface area contributed by atoms with Gasteiger partial charge in [0, 0.05) is 25.7 Å².